The Morgan fingerprint density at radius 2 is 2.13 bits per heavy atom. The van der Waals surface area contributed by atoms with Gasteiger partial charge >= 0.3 is 0 Å². The van der Waals surface area contributed by atoms with E-state index in [0.29, 0.717) is 18.7 Å². The molecule has 0 fully saturated rings. The van der Waals surface area contributed by atoms with E-state index in [1.807, 2.05) is 41.1 Å². The maximum Gasteiger partial charge on any atom is 0.268 e. The first-order valence-electron chi connectivity index (χ1n) is 7.39. The van der Waals surface area contributed by atoms with Crippen LogP contribution >= 0.6 is 0 Å². The summed E-state index contributed by atoms with van der Waals surface area (Å²) in [5.74, 6) is -0.432. The van der Waals surface area contributed by atoms with Gasteiger partial charge in [-0.1, -0.05) is 30.3 Å². The maximum absolute atomic E-state index is 12.4. The Labute approximate surface area is 133 Å². The summed E-state index contributed by atoms with van der Waals surface area (Å²) in [6, 6.07) is 9.51. The second-order valence-electron chi connectivity index (χ2n) is 5.29. The zero-order valence-electron chi connectivity index (χ0n) is 12.5. The van der Waals surface area contributed by atoms with E-state index in [2.05, 4.69) is 20.8 Å². The molecule has 7 heteroatoms. The number of hydrogen-bond acceptors (Lipinski definition) is 4. The molecular weight excluding hydrogens is 294 g/mol. The van der Waals surface area contributed by atoms with Crippen LogP contribution in [-0.4, -0.2) is 27.1 Å². The van der Waals surface area contributed by atoms with Crippen molar-refractivity contribution in [2.24, 2.45) is 5.10 Å². The van der Waals surface area contributed by atoms with E-state index in [4.69, 9.17) is 0 Å². The highest BCUT2D eigenvalue weighted by atomic mass is 16.2. The Morgan fingerprint density at radius 1 is 1.30 bits per heavy atom. The number of nitrogens with zero attached hydrogens (tertiary/aromatic N) is 3. The largest absolute Gasteiger partial charge is 0.342 e. The van der Waals surface area contributed by atoms with Crippen molar-refractivity contribution in [1.82, 2.24) is 20.3 Å². The summed E-state index contributed by atoms with van der Waals surface area (Å²) in [7, 11) is 0. The first kappa shape index (κ1) is 15.0. The Morgan fingerprint density at radius 3 is 2.78 bits per heavy atom. The second kappa shape index (κ2) is 6.87. The van der Waals surface area contributed by atoms with Crippen molar-refractivity contribution in [3.05, 3.63) is 54.6 Å². The molecule has 2 amide bonds. The second-order valence-corrected chi connectivity index (χ2v) is 5.29. The number of hydrazone groups is 1. The molecule has 1 aliphatic rings. The van der Waals surface area contributed by atoms with Crippen LogP contribution in [-0.2, 0) is 16.1 Å². The minimum Gasteiger partial charge on any atom is -0.342 e. The molecular formula is C16H17N5O2. The number of nitrogens with one attached hydrogen (secondary N) is 2. The van der Waals surface area contributed by atoms with Crippen LogP contribution in [0.15, 0.2) is 54.2 Å². The van der Waals surface area contributed by atoms with Gasteiger partial charge in [-0.3, -0.25) is 9.59 Å². The van der Waals surface area contributed by atoms with E-state index >= 15 is 0 Å². The quantitative estimate of drug-likeness (QED) is 0.863. The van der Waals surface area contributed by atoms with Crippen molar-refractivity contribution in [3.8, 4) is 0 Å². The monoisotopic (exact) mass is 311 g/mol. The van der Waals surface area contributed by atoms with E-state index in [1.54, 1.807) is 12.5 Å². The third-order valence-electron chi connectivity index (χ3n) is 3.63. The average Bonchev–Trinajstić information content (AvgIpc) is 3.09. The fourth-order valence-electron chi connectivity index (χ4n) is 2.40. The molecule has 0 saturated heterocycles. The van der Waals surface area contributed by atoms with Crippen LogP contribution in [0.4, 0.5) is 0 Å². The van der Waals surface area contributed by atoms with Gasteiger partial charge in [0.1, 0.15) is 5.71 Å². The fraction of sp³-hybridized carbons (Fsp3) is 0.250. The summed E-state index contributed by atoms with van der Waals surface area (Å²) in [5.41, 5.74) is 3.68. The Bertz CT molecular complexity index is 709. The lowest BCUT2D eigenvalue weighted by Gasteiger charge is -2.21. The highest BCUT2D eigenvalue weighted by Crippen LogP contribution is 2.15. The zero-order chi connectivity index (χ0) is 16.1. The van der Waals surface area contributed by atoms with Gasteiger partial charge in [0.2, 0.25) is 5.91 Å². The lowest BCUT2D eigenvalue weighted by molar-refractivity contribution is -0.121. The van der Waals surface area contributed by atoms with Crippen molar-refractivity contribution in [2.45, 2.75) is 25.4 Å². The SMILES string of the molecule is O=C1CCC(C(=O)NC(Cn2ccnc2)c2ccccc2)=NN1. The third kappa shape index (κ3) is 3.82. The molecule has 118 valence electrons. The lowest BCUT2D eigenvalue weighted by Crippen LogP contribution is -2.39. The molecule has 0 spiro atoms. The van der Waals surface area contributed by atoms with Crippen LogP contribution in [0.2, 0.25) is 0 Å². The summed E-state index contributed by atoms with van der Waals surface area (Å²) in [6.07, 6.45) is 5.89. The molecule has 23 heavy (non-hydrogen) atoms. The first-order chi connectivity index (χ1) is 11.2. The molecule has 2 heterocycles. The number of amides is 2. The van der Waals surface area contributed by atoms with Crippen molar-refractivity contribution in [2.75, 3.05) is 0 Å². The van der Waals surface area contributed by atoms with Gasteiger partial charge in [-0.25, -0.2) is 10.4 Å². The lowest BCUT2D eigenvalue weighted by atomic mass is 10.1. The molecule has 0 saturated carbocycles. The molecule has 1 aromatic carbocycles. The molecule has 1 unspecified atom stereocenters. The number of imidazole rings is 1. The molecule has 0 bridgehead atoms. The smallest absolute Gasteiger partial charge is 0.268 e. The predicted molar refractivity (Wildman–Crippen MR) is 84.4 cm³/mol. The van der Waals surface area contributed by atoms with E-state index < -0.39 is 0 Å². The highest BCUT2D eigenvalue weighted by molar-refractivity contribution is 6.39. The van der Waals surface area contributed by atoms with Gasteiger partial charge in [0.15, 0.2) is 0 Å². The molecule has 1 aliphatic heterocycles. The van der Waals surface area contributed by atoms with Crippen LogP contribution in [0.25, 0.3) is 0 Å². The first-order valence-corrected chi connectivity index (χ1v) is 7.39. The fourth-order valence-corrected chi connectivity index (χ4v) is 2.40. The van der Waals surface area contributed by atoms with Crippen molar-refractivity contribution >= 4 is 17.5 Å². The molecule has 1 atom stereocenters. The van der Waals surface area contributed by atoms with Crippen LogP contribution in [0.1, 0.15) is 24.4 Å². The predicted octanol–water partition coefficient (Wildman–Crippen LogP) is 1.01. The van der Waals surface area contributed by atoms with E-state index in [1.165, 1.54) is 0 Å². The Kier molecular flexibility index (Phi) is 4.46. The molecule has 3 rings (SSSR count). The van der Waals surface area contributed by atoms with Crippen LogP contribution in [0.5, 0.6) is 0 Å². The number of hydrogen-bond donors (Lipinski definition) is 2. The van der Waals surface area contributed by atoms with Crippen LogP contribution in [0, 0.1) is 0 Å². The van der Waals surface area contributed by atoms with E-state index in [0.717, 1.165) is 5.56 Å². The summed E-state index contributed by atoms with van der Waals surface area (Å²) < 4.78 is 1.91. The highest BCUT2D eigenvalue weighted by Gasteiger charge is 2.22. The zero-order valence-corrected chi connectivity index (χ0v) is 12.5. The molecule has 1 aromatic heterocycles. The molecule has 0 radical (unpaired) electrons. The molecule has 0 aliphatic carbocycles. The number of rotatable bonds is 5. The van der Waals surface area contributed by atoms with Gasteiger partial charge in [-0.15, -0.1) is 0 Å². The third-order valence-corrected chi connectivity index (χ3v) is 3.63. The minimum atomic E-state index is -0.265. The molecule has 2 aromatic rings. The Hall–Kier alpha value is -2.96. The summed E-state index contributed by atoms with van der Waals surface area (Å²) in [5, 5.41) is 6.83. The number of benzene rings is 1. The summed E-state index contributed by atoms with van der Waals surface area (Å²) >= 11 is 0. The van der Waals surface area contributed by atoms with E-state index in [-0.39, 0.29) is 24.3 Å². The van der Waals surface area contributed by atoms with Crippen LogP contribution in [0.3, 0.4) is 0 Å². The van der Waals surface area contributed by atoms with Crippen molar-refractivity contribution < 1.29 is 9.59 Å². The van der Waals surface area contributed by atoms with Gasteiger partial charge in [0.05, 0.1) is 12.4 Å². The van der Waals surface area contributed by atoms with E-state index in [9.17, 15) is 9.59 Å². The van der Waals surface area contributed by atoms with Gasteiger partial charge < -0.3 is 9.88 Å². The van der Waals surface area contributed by atoms with Gasteiger partial charge in [0.25, 0.3) is 5.91 Å². The summed E-state index contributed by atoms with van der Waals surface area (Å²) in [4.78, 5) is 27.6. The number of carbonyl (C=O) groups is 2. The van der Waals surface area contributed by atoms with Gasteiger partial charge in [0, 0.05) is 31.8 Å². The van der Waals surface area contributed by atoms with Crippen molar-refractivity contribution in [1.29, 1.82) is 0 Å². The topological polar surface area (TPSA) is 88.4 Å². The average molecular weight is 311 g/mol. The van der Waals surface area contributed by atoms with Gasteiger partial charge in [-0.2, -0.15) is 5.10 Å². The summed E-state index contributed by atoms with van der Waals surface area (Å²) in [6.45, 7) is 0.565. The molecule has 7 nitrogen and oxygen atoms in total. The standard InChI is InChI=1S/C16H17N5O2/c22-15-7-6-13(19-20-15)16(23)18-14(10-21-9-8-17-11-21)12-4-2-1-3-5-12/h1-5,8-9,11,14H,6-7,10H2,(H,18,23)(H,20,22). The normalized spacial score (nSPS) is 15.5. The van der Waals surface area contributed by atoms with Crippen LogP contribution < -0.4 is 10.7 Å². The van der Waals surface area contributed by atoms with Crippen molar-refractivity contribution in [3.63, 3.8) is 0 Å². The minimum absolute atomic E-state index is 0.167. The number of aromatic nitrogens is 2. The number of carbonyl (C=O) groups excluding carboxylic acids is 2. The maximum atomic E-state index is 12.4. The molecule has 2 N–H and O–H groups in total. The Balaban J connectivity index is 1.75. The van der Waals surface area contributed by atoms with Gasteiger partial charge in [-0.05, 0) is 5.56 Å².